The molecule has 0 radical (unpaired) electrons. The number of fused-ring (bicyclic) bond motifs is 1. The highest BCUT2D eigenvalue weighted by molar-refractivity contribution is 7.86. The molecule has 2 aromatic carbocycles. The molecule has 1 N–H and O–H groups in total. The Hall–Kier alpha value is -1.39. The molecule has 0 aliphatic rings. The zero-order chi connectivity index (χ0) is 13.9. The van der Waals surface area contributed by atoms with Crippen molar-refractivity contribution in [2.75, 3.05) is 0 Å². The highest BCUT2D eigenvalue weighted by atomic mass is 32.2. The standard InChI is InChI=1S/C15H18O3S/c1-2-3-4-7-12-8-5-10-14-13(12)9-6-11-15(14)19(16,17)18/h5-6,8-11H,2-4,7H2,1H3,(H,16,17,18). The van der Waals surface area contributed by atoms with Crippen LogP contribution in [-0.2, 0) is 16.5 Å². The van der Waals surface area contributed by atoms with E-state index in [1.54, 1.807) is 12.1 Å². The summed E-state index contributed by atoms with van der Waals surface area (Å²) >= 11 is 0. The molecule has 19 heavy (non-hydrogen) atoms. The molecule has 0 aliphatic heterocycles. The van der Waals surface area contributed by atoms with E-state index in [1.165, 1.54) is 6.07 Å². The van der Waals surface area contributed by atoms with Crippen LogP contribution in [0.3, 0.4) is 0 Å². The third-order valence-electron chi connectivity index (χ3n) is 3.30. The van der Waals surface area contributed by atoms with E-state index in [0.29, 0.717) is 5.39 Å². The smallest absolute Gasteiger partial charge is 0.282 e. The van der Waals surface area contributed by atoms with Crippen molar-refractivity contribution in [1.82, 2.24) is 0 Å². The monoisotopic (exact) mass is 278 g/mol. The van der Waals surface area contributed by atoms with Crippen molar-refractivity contribution in [1.29, 1.82) is 0 Å². The number of benzene rings is 2. The van der Waals surface area contributed by atoms with Gasteiger partial charge in [-0.25, -0.2) is 0 Å². The fourth-order valence-electron chi connectivity index (χ4n) is 2.35. The van der Waals surface area contributed by atoms with Crippen LogP contribution in [0.5, 0.6) is 0 Å². The molecule has 2 aromatic rings. The first-order valence-electron chi connectivity index (χ1n) is 6.52. The van der Waals surface area contributed by atoms with Crippen molar-refractivity contribution in [2.24, 2.45) is 0 Å². The summed E-state index contributed by atoms with van der Waals surface area (Å²) in [7, 11) is -4.17. The van der Waals surface area contributed by atoms with Crippen molar-refractivity contribution in [3.05, 3.63) is 42.0 Å². The zero-order valence-electron chi connectivity index (χ0n) is 11.0. The normalized spacial score (nSPS) is 11.9. The van der Waals surface area contributed by atoms with Crippen LogP contribution in [0.2, 0.25) is 0 Å². The Labute approximate surface area is 114 Å². The molecule has 2 rings (SSSR count). The van der Waals surface area contributed by atoms with Crippen molar-refractivity contribution < 1.29 is 13.0 Å². The largest absolute Gasteiger partial charge is 0.295 e. The SMILES string of the molecule is CCCCCc1cccc2c(S(=O)(=O)O)cccc12. The average Bonchev–Trinajstić information content (AvgIpc) is 2.37. The van der Waals surface area contributed by atoms with Gasteiger partial charge in [0.25, 0.3) is 10.1 Å². The van der Waals surface area contributed by atoms with E-state index in [1.807, 2.05) is 18.2 Å². The first-order chi connectivity index (χ1) is 9.04. The highest BCUT2D eigenvalue weighted by Gasteiger charge is 2.14. The van der Waals surface area contributed by atoms with Crippen LogP contribution in [0.15, 0.2) is 41.3 Å². The first kappa shape index (κ1) is 14.0. The molecule has 3 nitrogen and oxygen atoms in total. The van der Waals surface area contributed by atoms with Gasteiger partial charge in [-0.1, -0.05) is 50.1 Å². The second-order valence-electron chi connectivity index (χ2n) is 4.70. The zero-order valence-corrected chi connectivity index (χ0v) is 11.8. The van der Waals surface area contributed by atoms with Crippen LogP contribution in [0, 0.1) is 0 Å². The maximum absolute atomic E-state index is 11.4. The lowest BCUT2D eigenvalue weighted by Gasteiger charge is -2.08. The van der Waals surface area contributed by atoms with Crippen LogP contribution in [0.4, 0.5) is 0 Å². The van der Waals surface area contributed by atoms with E-state index in [9.17, 15) is 13.0 Å². The summed E-state index contributed by atoms with van der Waals surface area (Å²) < 4.78 is 32.0. The van der Waals surface area contributed by atoms with E-state index in [0.717, 1.165) is 36.6 Å². The predicted molar refractivity (Wildman–Crippen MR) is 77.0 cm³/mol. The van der Waals surface area contributed by atoms with Crippen molar-refractivity contribution in [3.63, 3.8) is 0 Å². The van der Waals surface area contributed by atoms with Gasteiger partial charge < -0.3 is 0 Å². The third kappa shape index (κ3) is 3.14. The van der Waals surface area contributed by atoms with E-state index < -0.39 is 10.1 Å². The number of unbranched alkanes of at least 4 members (excludes halogenated alkanes) is 2. The number of hydrogen-bond donors (Lipinski definition) is 1. The second-order valence-corrected chi connectivity index (χ2v) is 6.09. The summed E-state index contributed by atoms with van der Waals surface area (Å²) in [6.45, 7) is 2.15. The molecule has 0 atom stereocenters. The summed E-state index contributed by atoms with van der Waals surface area (Å²) in [6.07, 6.45) is 4.33. The molecular weight excluding hydrogens is 260 g/mol. The van der Waals surface area contributed by atoms with Gasteiger partial charge in [0.2, 0.25) is 0 Å². The summed E-state index contributed by atoms with van der Waals surface area (Å²) in [4.78, 5) is -0.0117. The molecule has 0 saturated carbocycles. The van der Waals surface area contributed by atoms with Crippen LogP contribution in [-0.4, -0.2) is 13.0 Å². The van der Waals surface area contributed by atoms with Gasteiger partial charge in [-0.05, 0) is 29.9 Å². The summed E-state index contributed by atoms with van der Waals surface area (Å²) in [5.41, 5.74) is 1.14. The second kappa shape index (κ2) is 5.72. The van der Waals surface area contributed by atoms with Gasteiger partial charge in [-0.3, -0.25) is 4.55 Å². The maximum atomic E-state index is 11.4. The quantitative estimate of drug-likeness (QED) is 0.668. The minimum absolute atomic E-state index is 0.0117. The third-order valence-corrected chi connectivity index (χ3v) is 4.21. The number of rotatable bonds is 5. The molecule has 0 heterocycles. The topological polar surface area (TPSA) is 54.4 Å². The summed E-state index contributed by atoms with van der Waals surface area (Å²) in [5.74, 6) is 0. The van der Waals surface area contributed by atoms with Crippen LogP contribution < -0.4 is 0 Å². The Balaban J connectivity index is 2.52. The van der Waals surface area contributed by atoms with Crippen molar-refractivity contribution >= 4 is 20.9 Å². The maximum Gasteiger partial charge on any atom is 0.295 e. The Kier molecular flexibility index (Phi) is 4.22. The molecular formula is C15H18O3S. The van der Waals surface area contributed by atoms with Crippen molar-refractivity contribution in [3.8, 4) is 0 Å². The number of hydrogen-bond acceptors (Lipinski definition) is 2. The van der Waals surface area contributed by atoms with E-state index in [2.05, 4.69) is 6.92 Å². The van der Waals surface area contributed by atoms with Crippen LogP contribution >= 0.6 is 0 Å². The van der Waals surface area contributed by atoms with E-state index in [4.69, 9.17) is 0 Å². The molecule has 0 unspecified atom stereocenters. The fraction of sp³-hybridized carbons (Fsp3) is 0.333. The molecule has 0 aliphatic carbocycles. The van der Waals surface area contributed by atoms with Gasteiger partial charge >= 0.3 is 0 Å². The Bertz CT molecular complexity index is 675. The molecule has 0 spiro atoms. The molecule has 4 heteroatoms. The first-order valence-corrected chi connectivity index (χ1v) is 7.96. The fourth-order valence-corrected chi connectivity index (χ4v) is 3.06. The van der Waals surface area contributed by atoms with Gasteiger partial charge in [0.05, 0.1) is 0 Å². The molecule has 0 saturated heterocycles. The summed E-state index contributed by atoms with van der Waals surface area (Å²) in [5, 5.41) is 1.51. The van der Waals surface area contributed by atoms with E-state index >= 15 is 0 Å². The molecule has 0 amide bonds. The van der Waals surface area contributed by atoms with E-state index in [-0.39, 0.29) is 4.90 Å². The predicted octanol–water partition coefficient (Wildman–Crippen LogP) is 3.82. The average molecular weight is 278 g/mol. The van der Waals surface area contributed by atoms with Gasteiger partial charge in [0, 0.05) is 5.39 Å². The van der Waals surface area contributed by atoms with Gasteiger partial charge in [-0.2, -0.15) is 8.42 Å². The minimum Gasteiger partial charge on any atom is -0.282 e. The van der Waals surface area contributed by atoms with Crippen LogP contribution in [0.1, 0.15) is 31.7 Å². The Morgan fingerprint density at radius 2 is 1.68 bits per heavy atom. The van der Waals surface area contributed by atoms with Crippen molar-refractivity contribution in [2.45, 2.75) is 37.5 Å². The lowest BCUT2D eigenvalue weighted by molar-refractivity contribution is 0.484. The molecule has 102 valence electrons. The Morgan fingerprint density at radius 1 is 1.00 bits per heavy atom. The lowest BCUT2D eigenvalue weighted by Crippen LogP contribution is -1.99. The van der Waals surface area contributed by atoms with Crippen LogP contribution in [0.25, 0.3) is 10.8 Å². The Morgan fingerprint density at radius 3 is 2.37 bits per heavy atom. The highest BCUT2D eigenvalue weighted by Crippen LogP contribution is 2.26. The van der Waals surface area contributed by atoms with Gasteiger partial charge in [0.1, 0.15) is 4.90 Å². The molecule has 0 aromatic heterocycles. The molecule has 0 bridgehead atoms. The summed E-state index contributed by atoms with van der Waals surface area (Å²) in [6, 6.07) is 10.6. The molecule has 0 fully saturated rings. The lowest BCUT2D eigenvalue weighted by atomic mass is 10.00. The van der Waals surface area contributed by atoms with Gasteiger partial charge in [0.15, 0.2) is 0 Å². The minimum atomic E-state index is -4.17. The van der Waals surface area contributed by atoms with Gasteiger partial charge in [-0.15, -0.1) is 0 Å². The number of aryl methyl sites for hydroxylation is 1.